The molecular formula is C13H19NO3. The van der Waals surface area contributed by atoms with Gasteiger partial charge in [0.05, 0.1) is 18.9 Å². The highest BCUT2D eigenvalue weighted by atomic mass is 16.5. The molecule has 0 radical (unpaired) electrons. The molecule has 1 heterocycles. The highest BCUT2D eigenvalue weighted by molar-refractivity contribution is 5.97. The molecule has 17 heavy (non-hydrogen) atoms. The highest BCUT2D eigenvalue weighted by Gasteiger charge is 2.08. The van der Waals surface area contributed by atoms with Crippen molar-refractivity contribution in [2.75, 3.05) is 13.2 Å². The quantitative estimate of drug-likeness (QED) is 0.683. The van der Waals surface area contributed by atoms with Crippen LogP contribution in [0.25, 0.3) is 0 Å². The zero-order chi connectivity index (χ0) is 12.7. The molecule has 0 aliphatic rings. The summed E-state index contributed by atoms with van der Waals surface area (Å²) in [6.45, 7) is 6.52. The molecule has 0 amide bonds. The molecule has 0 spiro atoms. The van der Waals surface area contributed by atoms with Crippen molar-refractivity contribution < 1.29 is 14.3 Å². The molecule has 0 saturated heterocycles. The van der Waals surface area contributed by atoms with Gasteiger partial charge in [0.25, 0.3) is 0 Å². The maximum atomic E-state index is 11.8. The number of hydrogen-bond donors (Lipinski definition) is 0. The number of carbonyl (C=O) groups is 1. The molecule has 0 saturated carbocycles. The second kappa shape index (κ2) is 7.01. The number of rotatable bonds is 7. The number of ether oxygens (including phenoxy) is 2. The van der Waals surface area contributed by atoms with Gasteiger partial charge in [-0.1, -0.05) is 6.92 Å². The lowest BCUT2D eigenvalue weighted by atomic mass is 10.2. The molecule has 0 N–H and O–H groups in total. The fourth-order valence-corrected chi connectivity index (χ4v) is 1.20. The first-order chi connectivity index (χ1) is 8.13. The second-order valence-corrected chi connectivity index (χ2v) is 4.04. The van der Waals surface area contributed by atoms with E-state index in [1.165, 1.54) is 6.20 Å². The van der Waals surface area contributed by atoms with Crippen molar-refractivity contribution in [1.82, 2.24) is 4.98 Å². The maximum absolute atomic E-state index is 11.8. The van der Waals surface area contributed by atoms with Crippen LogP contribution in [0.5, 0.6) is 5.75 Å². The van der Waals surface area contributed by atoms with Gasteiger partial charge in [-0.05, 0) is 26.3 Å². The molecule has 1 aromatic heterocycles. The molecular weight excluding hydrogens is 218 g/mol. The molecule has 94 valence electrons. The summed E-state index contributed by atoms with van der Waals surface area (Å²) >= 11 is 0. The third kappa shape index (κ3) is 4.95. The summed E-state index contributed by atoms with van der Waals surface area (Å²) in [6.07, 6.45) is 4.11. The minimum atomic E-state index is -0.0758. The van der Waals surface area contributed by atoms with Gasteiger partial charge in [0, 0.05) is 11.8 Å². The Kier molecular flexibility index (Phi) is 5.63. The van der Waals surface area contributed by atoms with E-state index in [2.05, 4.69) is 4.98 Å². The van der Waals surface area contributed by atoms with Crippen LogP contribution in [0.3, 0.4) is 0 Å². The van der Waals surface area contributed by atoms with Gasteiger partial charge in [0.15, 0.2) is 5.78 Å². The van der Waals surface area contributed by atoms with Crippen molar-refractivity contribution in [3.63, 3.8) is 0 Å². The van der Waals surface area contributed by atoms with Crippen LogP contribution in [0.4, 0.5) is 0 Å². The fourth-order valence-electron chi connectivity index (χ4n) is 1.20. The fraction of sp³-hybridized carbons (Fsp3) is 0.538. The Morgan fingerprint density at radius 2 is 2.18 bits per heavy atom. The lowest BCUT2D eigenvalue weighted by Gasteiger charge is -2.08. The van der Waals surface area contributed by atoms with E-state index in [4.69, 9.17) is 9.47 Å². The van der Waals surface area contributed by atoms with Gasteiger partial charge >= 0.3 is 0 Å². The van der Waals surface area contributed by atoms with Crippen LogP contribution >= 0.6 is 0 Å². The van der Waals surface area contributed by atoms with E-state index < -0.39 is 0 Å². The number of ketones is 1. The monoisotopic (exact) mass is 237 g/mol. The zero-order valence-corrected chi connectivity index (χ0v) is 10.6. The van der Waals surface area contributed by atoms with E-state index in [0.717, 1.165) is 6.42 Å². The van der Waals surface area contributed by atoms with Crippen LogP contribution in [0.2, 0.25) is 0 Å². The maximum Gasteiger partial charge on any atom is 0.190 e. The van der Waals surface area contributed by atoms with Gasteiger partial charge < -0.3 is 9.47 Å². The van der Waals surface area contributed by atoms with E-state index in [1.807, 2.05) is 20.8 Å². The molecule has 0 aliphatic carbocycles. The van der Waals surface area contributed by atoms with Crippen LogP contribution in [0.1, 0.15) is 37.6 Å². The third-order valence-electron chi connectivity index (χ3n) is 2.06. The number of Topliss-reactive ketones (excluding diaryl/α,β-unsaturated/α-hetero) is 1. The SMILES string of the molecule is CCCOc1cncc(C(=O)COC(C)C)c1. The Balaban J connectivity index is 2.60. The van der Waals surface area contributed by atoms with E-state index >= 15 is 0 Å². The minimum absolute atomic E-state index is 0.0476. The normalized spacial score (nSPS) is 10.6. The predicted molar refractivity (Wildman–Crippen MR) is 65.4 cm³/mol. The molecule has 0 bridgehead atoms. The third-order valence-corrected chi connectivity index (χ3v) is 2.06. The average Bonchev–Trinajstić information content (AvgIpc) is 2.33. The summed E-state index contributed by atoms with van der Waals surface area (Å²) in [5.74, 6) is 0.551. The van der Waals surface area contributed by atoms with Crippen LogP contribution in [0, 0.1) is 0 Å². The first kappa shape index (κ1) is 13.6. The molecule has 0 fully saturated rings. The van der Waals surface area contributed by atoms with Crippen molar-refractivity contribution >= 4 is 5.78 Å². The van der Waals surface area contributed by atoms with Gasteiger partial charge in [0.2, 0.25) is 0 Å². The number of carbonyl (C=O) groups excluding carboxylic acids is 1. The number of nitrogens with zero attached hydrogens (tertiary/aromatic N) is 1. The first-order valence-corrected chi connectivity index (χ1v) is 5.86. The molecule has 0 unspecified atom stereocenters. The summed E-state index contributed by atoms with van der Waals surface area (Å²) in [5.41, 5.74) is 0.527. The van der Waals surface area contributed by atoms with Gasteiger partial charge in [0.1, 0.15) is 12.4 Å². The Hall–Kier alpha value is -1.42. The van der Waals surface area contributed by atoms with Gasteiger partial charge in [-0.3, -0.25) is 9.78 Å². The van der Waals surface area contributed by atoms with Crippen LogP contribution < -0.4 is 4.74 Å². The van der Waals surface area contributed by atoms with E-state index in [0.29, 0.717) is 17.9 Å². The topological polar surface area (TPSA) is 48.4 Å². The van der Waals surface area contributed by atoms with E-state index in [9.17, 15) is 4.79 Å². The lowest BCUT2D eigenvalue weighted by Crippen LogP contribution is -2.13. The summed E-state index contributed by atoms with van der Waals surface area (Å²) in [5, 5.41) is 0. The van der Waals surface area contributed by atoms with Crippen molar-refractivity contribution in [2.45, 2.75) is 33.3 Å². The lowest BCUT2D eigenvalue weighted by molar-refractivity contribution is 0.0584. The molecule has 0 atom stereocenters. The summed E-state index contributed by atoms with van der Waals surface area (Å²) in [6, 6.07) is 1.70. The second-order valence-electron chi connectivity index (χ2n) is 4.04. The van der Waals surface area contributed by atoms with Crippen molar-refractivity contribution in [3.05, 3.63) is 24.0 Å². The van der Waals surface area contributed by atoms with E-state index in [1.54, 1.807) is 12.3 Å². The van der Waals surface area contributed by atoms with Gasteiger partial charge in [-0.15, -0.1) is 0 Å². The van der Waals surface area contributed by atoms with Crippen LogP contribution in [-0.2, 0) is 4.74 Å². The molecule has 1 rings (SSSR count). The van der Waals surface area contributed by atoms with Crippen LogP contribution in [-0.4, -0.2) is 30.1 Å². The Morgan fingerprint density at radius 1 is 1.41 bits per heavy atom. The Morgan fingerprint density at radius 3 is 2.82 bits per heavy atom. The first-order valence-electron chi connectivity index (χ1n) is 5.86. The average molecular weight is 237 g/mol. The van der Waals surface area contributed by atoms with Crippen LogP contribution in [0.15, 0.2) is 18.5 Å². The number of hydrogen-bond acceptors (Lipinski definition) is 4. The van der Waals surface area contributed by atoms with Gasteiger partial charge in [-0.25, -0.2) is 0 Å². The van der Waals surface area contributed by atoms with Gasteiger partial charge in [-0.2, -0.15) is 0 Å². The zero-order valence-electron chi connectivity index (χ0n) is 10.6. The van der Waals surface area contributed by atoms with Crippen molar-refractivity contribution in [3.8, 4) is 5.75 Å². The summed E-state index contributed by atoms with van der Waals surface area (Å²) in [7, 11) is 0. The standard InChI is InChI=1S/C13H19NO3/c1-4-5-16-12-6-11(7-14-8-12)13(15)9-17-10(2)3/h6-8,10H,4-5,9H2,1-3H3. The summed E-state index contributed by atoms with van der Waals surface area (Å²) in [4.78, 5) is 15.7. The number of aromatic nitrogens is 1. The van der Waals surface area contributed by atoms with Crippen molar-refractivity contribution in [2.24, 2.45) is 0 Å². The Labute approximate surface area is 102 Å². The largest absolute Gasteiger partial charge is 0.492 e. The molecule has 0 aromatic carbocycles. The minimum Gasteiger partial charge on any atom is -0.492 e. The van der Waals surface area contributed by atoms with E-state index in [-0.39, 0.29) is 18.5 Å². The highest BCUT2D eigenvalue weighted by Crippen LogP contribution is 2.12. The molecule has 1 aromatic rings. The number of pyridine rings is 1. The molecule has 4 heteroatoms. The Bertz CT molecular complexity index is 363. The molecule has 4 nitrogen and oxygen atoms in total. The predicted octanol–water partition coefficient (Wildman–Crippen LogP) is 2.48. The van der Waals surface area contributed by atoms with Crippen molar-refractivity contribution in [1.29, 1.82) is 0 Å². The smallest absolute Gasteiger partial charge is 0.190 e. The summed E-state index contributed by atoms with van der Waals surface area (Å²) < 4.78 is 10.7. The molecule has 0 aliphatic heterocycles.